The van der Waals surface area contributed by atoms with Crippen LogP contribution in [0.4, 0.5) is 22.0 Å². The first-order valence-corrected chi connectivity index (χ1v) is 13.5. The maximum atomic E-state index is 13.2. The Morgan fingerprint density at radius 2 is 1.24 bits per heavy atom. The Kier molecular flexibility index (Phi) is 11.5. The molecule has 0 aliphatic rings. The van der Waals surface area contributed by atoms with Crippen LogP contribution in [0.15, 0.2) is 93.5 Å². The van der Waals surface area contributed by atoms with Gasteiger partial charge in [-0.1, -0.05) is 18.2 Å². The zero-order chi connectivity index (χ0) is 27.5. The smallest absolute Gasteiger partial charge is 0.428 e. The van der Waals surface area contributed by atoms with Gasteiger partial charge in [-0.15, -0.1) is 0 Å². The lowest BCUT2D eigenvalue weighted by Gasteiger charge is -2.17. The molecule has 3 aromatic carbocycles. The first-order chi connectivity index (χ1) is 17.5. The SMILES string of the molecule is Fc1ccc([S+](c2ccccc2)c2ccc(F)cc2)cc1.O=C(OCCCCCF)C(F)(F)S(=O)(=O)[O-]. The predicted molar refractivity (Wildman–Crippen MR) is 127 cm³/mol. The monoisotopic (exact) mass is 562 g/mol. The Balaban J connectivity index is 0.000000273. The maximum Gasteiger partial charge on any atom is 0.428 e. The number of hydrogen-bond acceptors (Lipinski definition) is 5. The van der Waals surface area contributed by atoms with Gasteiger partial charge in [0.25, 0.3) is 0 Å². The molecular formula is C25H23F5O5S2. The Morgan fingerprint density at radius 3 is 1.68 bits per heavy atom. The predicted octanol–water partition coefficient (Wildman–Crippen LogP) is 5.87. The van der Waals surface area contributed by atoms with E-state index in [0.717, 1.165) is 14.7 Å². The molecule has 0 spiro atoms. The highest BCUT2D eigenvalue weighted by Crippen LogP contribution is 2.31. The highest BCUT2D eigenvalue weighted by Gasteiger charge is 2.48. The quantitative estimate of drug-likeness (QED) is 0.102. The summed E-state index contributed by atoms with van der Waals surface area (Å²) in [4.78, 5) is 13.7. The van der Waals surface area contributed by atoms with Crippen molar-refractivity contribution >= 4 is 27.0 Å². The first-order valence-electron chi connectivity index (χ1n) is 10.8. The average Bonchev–Trinajstić information content (AvgIpc) is 2.86. The van der Waals surface area contributed by atoms with Gasteiger partial charge in [0.15, 0.2) is 24.8 Å². The summed E-state index contributed by atoms with van der Waals surface area (Å²) in [6, 6.07) is 23.0. The fraction of sp³-hybridized carbons (Fsp3) is 0.240. The summed E-state index contributed by atoms with van der Waals surface area (Å²) in [6.07, 6.45) is 0.609. The molecule has 3 rings (SSSR count). The van der Waals surface area contributed by atoms with Crippen LogP contribution in [-0.2, 0) is 30.5 Å². The van der Waals surface area contributed by atoms with E-state index in [4.69, 9.17) is 0 Å². The molecule has 0 fully saturated rings. The van der Waals surface area contributed by atoms with Crippen molar-refractivity contribution in [3.05, 3.63) is 90.5 Å². The molecule has 0 saturated heterocycles. The molecule has 0 amide bonds. The van der Waals surface area contributed by atoms with Crippen LogP contribution in [0.5, 0.6) is 0 Å². The number of unbranched alkanes of at least 4 members (excludes halogenated alkanes) is 2. The molecule has 0 radical (unpaired) electrons. The average molecular weight is 563 g/mol. The van der Waals surface area contributed by atoms with Crippen LogP contribution in [-0.4, -0.2) is 37.5 Å². The molecule has 0 bridgehead atoms. The van der Waals surface area contributed by atoms with E-state index in [-0.39, 0.29) is 35.4 Å². The molecule has 0 saturated carbocycles. The second-order valence-electron chi connectivity index (χ2n) is 7.38. The molecule has 200 valence electrons. The van der Waals surface area contributed by atoms with Gasteiger partial charge in [0, 0.05) is 0 Å². The highest BCUT2D eigenvalue weighted by atomic mass is 32.2. The van der Waals surface area contributed by atoms with Crippen LogP contribution >= 0.6 is 0 Å². The van der Waals surface area contributed by atoms with Gasteiger partial charge in [-0.2, -0.15) is 8.78 Å². The highest BCUT2D eigenvalue weighted by molar-refractivity contribution is 7.97. The molecule has 0 unspecified atom stereocenters. The molecular weight excluding hydrogens is 539 g/mol. The fourth-order valence-electron chi connectivity index (χ4n) is 2.83. The third kappa shape index (κ3) is 9.13. The molecule has 0 atom stereocenters. The van der Waals surface area contributed by atoms with Crippen LogP contribution in [0, 0.1) is 11.6 Å². The van der Waals surface area contributed by atoms with Crippen molar-refractivity contribution in [2.24, 2.45) is 0 Å². The van der Waals surface area contributed by atoms with E-state index in [2.05, 4.69) is 4.74 Å². The Bertz CT molecular complexity index is 1180. The van der Waals surface area contributed by atoms with Gasteiger partial charge in [-0.05, 0) is 79.9 Å². The summed E-state index contributed by atoms with van der Waals surface area (Å²) in [5.74, 6) is -2.91. The standard InChI is InChI=1S/C18H13F2S.C7H11F3O5S/c19-14-6-10-17(11-7-14)21(16-4-2-1-3-5-16)18-12-8-15(20)9-13-18;8-4-2-1-3-5-15-6(11)7(9,10)16(12,13)14/h1-13H;1-5H2,(H,12,13,14)/q+1;/p-1. The summed E-state index contributed by atoms with van der Waals surface area (Å²) in [7, 11) is -6.43. The van der Waals surface area contributed by atoms with Gasteiger partial charge in [0.05, 0.1) is 24.2 Å². The minimum absolute atomic E-state index is 0.116. The number of hydrogen-bond donors (Lipinski definition) is 0. The van der Waals surface area contributed by atoms with Gasteiger partial charge in [-0.25, -0.2) is 22.0 Å². The van der Waals surface area contributed by atoms with Crippen molar-refractivity contribution in [2.75, 3.05) is 13.3 Å². The van der Waals surface area contributed by atoms with Gasteiger partial charge in [-0.3, -0.25) is 4.39 Å². The zero-order valence-electron chi connectivity index (χ0n) is 19.3. The van der Waals surface area contributed by atoms with Crippen LogP contribution in [0.25, 0.3) is 0 Å². The zero-order valence-corrected chi connectivity index (χ0v) is 20.9. The number of carbonyl (C=O) groups is 1. The molecule has 0 aromatic heterocycles. The lowest BCUT2D eigenvalue weighted by atomic mass is 10.3. The maximum absolute atomic E-state index is 13.2. The Labute approximate surface area is 214 Å². The summed E-state index contributed by atoms with van der Waals surface area (Å²) in [5.41, 5.74) is 0. The van der Waals surface area contributed by atoms with Gasteiger partial charge in [0.1, 0.15) is 11.6 Å². The van der Waals surface area contributed by atoms with Gasteiger partial charge in [0.2, 0.25) is 0 Å². The van der Waals surface area contributed by atoms with Crippen molar-refractivity contribution in [3.8, 4) is 0 Å². The summed E-state index contributed by atoms with van der Waals surface area (Å²) < 4.78 is 96.6. The molecule has 3 aromatic rings. The number of rotatable bonds is 10. The normalized spacial score (nSPS) is 11.5. The third-order valence-electron chi connectivity index (χ3n) is 4.64. The summed E-state index contributed by atoms with van der Waals surface area (Å²) in [6.45, 7) is -1.07. The molecule has 0 heterocycles. The first kappa shape index (κ1) is 30.3. The van der Waals surface area contributed by atoms with E-state index in [9.17, 15) is 39.7 Å². The van der Waals surface area contributed by atoms with Crippen LogP contribution < -0.4 is 0 Å². The molecule has 0 N–H and O–H groups in total. The lowest BCUT2D eigenvalue weighted by Crippen LogP contribution is -2.39. The number of esters is 1. The molecule has 5 nitrogen and oxygen atoms in total. The molecule has 0 aliphatic heterocycles. The minimum atomic E-state index is -6.07. The summed E-state index contributed by atoms with van der Waals surface area (Å²) >= 11 is 0. The fourth-order valence-corrected chi connectivity index (χ4v) is 5.16. The van der Waals surface area contributed by atoms with Crippen molar-refractivity contribution < 1.29 is 44.5 Å². The van der Waals surface area contributed by atoms with E-state index < -0.39 is 34.6 Å². The molecule has 12 heteroatoms. The van der Waals surface area contributed by atoms with Crippen molar-refractivity contribution in [1.82, 2.24) is 0 Å². The number of benzene rings is 3. The van der Waals surface area contributed by atoms with E-state index in [1.54, 1.807) is 24.3 Å². The minimum Gasteiger partial charge on any atom is -0.743 e. The van der Waals surface area contributed by atoms with E-state index in [1.807, 2.05) is 30.3 Å². The second-order valence-corrected chi connectivity index (χ2v) is 10.8. The number of halogens is 5. The molecule has 0 aliphatic carbocycles. The van der Waals surface area contributed by atoms with E-state index >= 15 is 0 Å². The van der Waals surface area contributed by atoms with Crippen molar-refractivity contribution in [1.29, 1.82) is 0 Å². The Morgan fingerprint density at radius 1 is 0.784 bits per heavy atom. The Hall–Kier alpha value is -2.96. The summed E-state index contributed by atoms with van der Waals surface area (Å²) in [5, 5.41) is -5.08. The molecule has 37 heavy (non-hydrogen) atoms. The van der Waals surface area contributed by atoms with Gasteiger partial charge < -0.3 is 9.29 Å². The number of ether oxygens (including phenoxy) is 1. The largest absolute Gasteiger partial charge is 0.743 e. The van der Waals surface area contributed by atoms with E-state index in [1.165, 1.54) is 24.3 Å². The van der Waals surface area contributed by atoms with Crippen LogP contribution in [0.1, 0.15) is 19.3 Å². The van der Waals surface area contributed by atoms with Crippen molar-refractivity contribution in [2.45, 2.75) is 39.2 Å². The number of alkyl halides is 3. The van der Waals surface area contributed by atoms with E-state index in [0.29, 0.717) is 6.42 Å². The third-order valence-corrected chi connectivity index (χ3v) is 7.67. The van der Waals surface area contributed by atoms with Crippen LogP contribution in [0.2, 0.25) is 0 Å². The second kappa shape index (κ2) is 14.1. The van der Waals surface area contributed by atoms with Crippen LogP contribution in [0.3, 0.4) is 0 Å². The number of carbonyl (C=O) groups excluding carboxylic acids is 1. The topological polar surface area (TPSA) is 83.5 Å². The van der Waals surface area contributed by atoms with Gasteiger partial charge >= 0.3 is 11.2 Å². The lowest BCUT2D eigenvalue weighted by molar-refractivity contribution is -0.161. The van der Waals surface area contributed by atoms with Crippen molar-refractivity contribution in [3.63, 3.8) is 0 Å².